The summed E-state index contributed by atoms with van der Waals surface area (Å²) < 4.78 is 2.66. The van der Waals surface area contributed by atoms with Crippen molar-refractivity contribution in [2.24, 2.45) is 0 Å². The fourth-order valence-corrected chi connectivity index (χ4v) is 9.49. The maximum Gasteiger partial charge on any atom is 0.0465 e. The molecule has 0 amide bonds. The molecule has 0 N–H and O–H groups in total. The molecule has 0 fully saturated rings. The predicted molar refractivity (Wildman–Crippen MR) is 220 cm³/mol. The van der Waals surface area contributed by atoms with Crippen LogP contribution in [0.1, 0.15) is 25.0 Å². The van der Waals surface area contributed by atoms with Crippen LogP contribution in [-0.4, -0.2) is 0 Å². The Kier molecular flexibility index (Phi) is 6.78. The molecule has 0 spiro atoms. The summed E-state index contributed by atoms with van der Waals surface area (Å²) >= 11 is 1.88. The van der Waals surface area contributed by atoms with Gasteiger partial charge in [0.25, 0.3) is 0 Å². The average molecular weight is 670 g/mol. The van der Waals surface area contributed by atoms with Crippen molar-refractivity contribution in [3.63, 3.8) is 0 Å². The molecule has 0 saturated heterocycles. The first kappa shape index (κ1) is 29.9. The molecule has 1 heterocycles. The van der Waals surface area contributed by atoms with Crippen LogP contribution < -0.4 is 4.90 Å². The van der Waals surface area contributed by atoms with E-state index >= 15 is 0 Å². The minimum atomic E-state index is -0.0824. The van der Waals surface area contributed by atoms with Crippen LogP contribution in [0, 0.1) is 0 Å². The summed E-state index contributed by atoms with van der Waals surface area (Å²) in [5, 5.41) is 5.30. The first-order valence-corrected chi connectivity index (χ1v) is 18.5. The molecule has 8 aromatic carbocycles. The lowest BCUT2D eigenvalue weighted by Gasteiger charge is -2.28. The number of benzene rings is 8. The topological polar surface area (TPSA) is 3.24 Å². The highest BCUT2D eigenvalue weighted by molar-refractivity contribution is 7.26. The van der Waals surface area contributed by atoms with Crippen molar-refractivity contribution in [1.82, 2.24) is 0 Å². The molecule has 242 valence electrons. The summed E-state index contributed by atoms with van der Waals surface area (Å²) in [5.41, 5.74) is 13.7. The predicted octanol–water partition coefficient (Wildman–Crippen LogP) is 14.3. The molecular formula is C49H35NS. The van der Waals surface area contributed by atoms with Crippen LogP contribution >= 0.6 is 11.3 Å². The van der Waals surface area contributed by atoms with E-state index in [2.05, 4.69) is 195 Å². The van der Waals surface area contributed by atoms with Gasteiger partial charge in [-0.3, -0.25) is 0 Å². The fourth-order valence-electron chi connectivity index (χ4n) is 8.33. The Morgan fingerprint density at radius 2 is 0.961 bits per heavy atom. The number of thiophene rings is 1. The highest BCUT2D eigenvalue weighted by Crippen LogP contribution is 2.51. The van der Waals surface area contributed by atoms with Gasteiger partial charge in [0.05, 0.1) is 0 Å². The highest BCUT2D eigenvalue weighted by atomic mass is 32.1. The van der Waals surface area contributed by atoms with Crippen molar-refractivity contribution in [3.8, 4) is 33.4 Å². The van der Waals surface area contributed by atoms with Crippen molar-refractivity contribution in [2.75, 3.05) is 4.90 Å². The second-order valence-corrected chi connectivity index (χ2v) is 15.2. The van der Waals surface area contributed by atoms with Gasteiger partial charge in [-0.1, -0.05) is 141 Å². The number of rotatable bonds is 5. The van der Waals surface area contributed by atoms with Gasteiger partial charge >= 0.3 is 0 Å². The molecular weight excluding hydrogens is 635 g/mol. The maximum absolute atomic E-state index is 2.41. The van der Waals surface area contributed by atoms with E-state index in [1.165, 1.54) is 75.5 Å². The van der Waals surface area contributed by atoms with Gasteiger partial charge < -0.3 is 4.90 Å². The zero-order chi connectivity index (χ0) is 34.1. The molecule has 0 unspecified atom stereocenters. The fraction of sp³-hybridized carbons (Fsp3) is 0.0612. The maximum atomic E-state index is 2.41. The SMILES string of the molecule is CC1(C)c2ccccc2-c2ccc(N(c3ccc(-c4ccccc4)cc3)c3ccc(-c4cc5sc6ccccc6c5c5ccccc45)cc3)cc21. The molecule has 1 nitrogen and oxygen atoms in total. The molecule has 0 atom stereocenters. The standard InChI is InChI=1S/C49H35NS/c1-49(2)44-18-10-8-15-39(44)40-29-28-37(30-45(40)49)50(35-24-20-33(21-25-35)32-12-4-3-5-13-32)36-26-22-34(23-27-36)43-31-47-48(41-16-7-6-14-38(41)43)42-17-9-11-19-46(42)51-47/h3-31H,1-2H3. The molecule has 0 bridgehead atoms. The van der Waals surface area contributed by atoms with Crippen LogP contribution in [-0.2, 0) is 5.41 Å². The lowest BCUT2D eigenvalue weighted by atomic mass is 9.82. The van der Waals surface area contributed by atoms with Gasteiger partial charge in [0, 0.05) is 42.6 Å². The highest BCUT2D eigenvalue weighted by Gasteiger charge is 2.35. The molecule has 1 aliphatic carbocycles. The van der Waals surface area contributed by atoms with Gasteiger partial charge in [-0.15, -0.1) is 11.3 Å². The zero-order valence-electron chi connectivity index (χ0n) is 28.6. The molecule has 1 aliphatic rings. The minimum absolute atomic E-state index is 0.0824. The van der Waals surface area contributed by atoms with E-state index < -0.39 is 0 Å². The van der Waals surface area contributed by atoms with E-state index in [4.69, 9.17) is 0 Å². The normalized spacial score (nSPS) is 13.1. The van der Waals surface area contributed by atoms with E-state index in [9.17, 15) is 0 Å². The lowest BCUT2D eigenvalue weighted by Crippen LogP contribution is -2.16. The van der Waals surface area contributed by atoms with E-state index in [1.807, 2.05) is 11.3 Å². The summed E-state index contributed by atoms with van der Waals surface area (Å²) in [6.07, 6.45) is 0. The van der Waals surface area contributed by atoms with Gasteiger partial charge in [-0.2, -0.15) is 0 Å². The van der Waals surface area contributed by atoms with Gasteiger partial charge in [0.15, 0.2) is 0 Å². The Balaban J connectivity index is 1.11. The second kappa shape index (κ2) is 11.6. The summed E-state index contributed by atoms with van der Waals surface area (Å²) in [5.74, 6) is 0. The van der Waals surface area contributed by atoms with Gasteiger partial charge in [0.2, 0.25) is 0 Å². The van der Waals surface area contributed by atoms with Crippen molar-refractivity contribution in [1.29, 1.82) is 0 Å². The second-order valence-electron chi connectivity index (χ2n) is 14.1. The molecule has 0 radical (unpaired) electrons. The smallest absolute Gasteiger partial charge is 0.0465 e. The zero-order valence-corrected chi connectivity index (χ0v) is 29.4. The number of anilines is 3. The third-order valence-electron chi connectivity index (χ3n) is 10.9. The molecule has 0 saturated carbocycles. The molecule has 9 aromatic rings. The number of nitrogens with zero attached hydrogens (tertiary/aromatic N) is 1. The van der Waals surface area contributed by atoms with Crippen LogP contribution in [0.2, 0.25) is 0 Å². The summed E-state index contributed by atoms with van der Waals surface area (Å²) in [7, 11) is 0. The van der Waals surface area contributed by atoms with E-state index in [0.29, 0.717) is 0 Å². The third-order valence-corrected chi connectivity index (χ3v) is 12.0. The Labute approximate surface area is 302 Å². The Bertz CT molecular complexity index is 2750. The van der Waals surface area contributed by atoms with Gasteiger partial charge in [-0.05, 0) is 104 Å². The van der Waals surface area contributed by atoms with E-state index in [1.54, 1.807) is 0 Å². The summed E-state index contributed by atoms with van der Waals surface area (Å²) in [6.45, 7) is 4.71. The van der Waals surface area contributed by atoms with Crippen molar-refractivity contribution in [2.45, 2.75) is 19.3 Å². The summed E-state index contributed by atoms with van der Waals surface area (Å²) in [4.78, 5) is 2.41. The van der Waals surface area contributed by atoms with Crippen molar-refractivity contribution in [3.05, 3.63) is 187 Å². The molecule has 2 heteroatoms. The monoisotopic (exact) mass is 669 g/mol. The molecule has 0 aliphatic heterocycles. The van der Waals surface area contributed by atoms with Gasteiger partial charge in [0.1, 0.15) is 0 Å². The van der Waals surface area contributed by atoms with E-state index in [-0.39, 0.29) is 5.41 Å². The lowest BCUT2D eigenvalue weighted by molar-refractivity contribution is 0.660. The Morgan fingerprint density at radius 1 is 0.392 bits per heavy atom. The van der Waals surface area contributed by atoms with E-state index in [0.717, 1.165) is 17.1 Å². The van der Waals surface area contributed by atoms with Crippen LogP contribution in [0.4, 0.5) is 17.1 Å². The number of hydrogen-bond acceptors (Lipinski definition) is 2. The molecule has 10 rings (SSSR count). The van der Waals surface area contributed by atoms with Crippen LogP contribution in [0.15, 0.2) is 176 Å². The first-order chi connectivity index (χ1) is 25.0. The van der Waals surface area contributed by atoms with Crippen LogP contribution in [0.5, 0.6) is 0 Å². The van der Waals surface area contributed by atoms with Crippen LogP contribution in [0.3, 0.4) is 0 Å². The minimum Gasteiger partial charge on any atom is -0.310 e. The number of hydrogen-bond donors (Lipinski definition) is 0. The van der Waals surface area contributed by atoms with Crippen molar-refractivity contribution < 1.29 is 0 Å². The third kappa shape index (κ3) is 4.75. The molecule has 51 heavy (non-hydrogen) atoms. The van der Waals surface area contributed by atoms with Crippen LogP contribution in [0.25, 0.3) is 64.3 Å². The average Bonchev–Trinajstić information content (AvgIpc) is 3.67. The van der Waals surface area contributed by atoms with Gasteiger partial charge in [-0.25, -0.2) is 0 Å². The summed E-state index contributed by atoms with van der Waals surface area (Å²) in [6, 6.07) is 64.8. The first-order valence-electron chi connectivity index (χ1n) is 17.7. The Hall–Kier alpha value is -5.96. The quantitative estimate of drug-likeness (QED) is 0.176. The Morgan fingerprint density at radius 3 is 1.73 bits per heavy atom. The largest absolute Gasteiger partial charge is 0.310 e. The molecule has 1 aromatic heterocycles. The number of fused-ring (bicyclic) bond motifs is 8. The van der Waals surface area contributed by atoms with Crippen molar-refractivity contribution >= 4 is 59.3 Å².